The number of anilines is 1. The molecule has 1 amide bonds. The Hall–Kier alpha value is -2.82. The van der Waals surface area contributed by atoms with Crippen molar-refractivity contribution in [1.82, 2.24) is 0 Å². The zero-order valence-electron chi connectivity index (χ0n) is 13.0. The largest absolute Gasteiger partial charge is 0.497 e. The molecular weight excluding hydrogens is 294 g/mol. The number of amides is 1. The fourth-order valence-corrected chi connectivity index (χ4v) is 2.60. The van der Waals surface area contributed by atoms with Crippen LogP contribution < -0.4 is 10.1 Å². The number of hydrogen-bond acceptors (Lipinski definition) is 4. The van der Waals surface area contributed by atoms with Crippen LogP contribution in [-0.2, 0) is 16.0 Å². The van der Waals surface area contributed by atoms with E-state index in [4.69, 9.17) is 9.47 Å². The van der Waals surface area contributed by atoms with Gasteiger partial charge >= 0.3 is 5.97 Å². The molecule has 1 atom stereocenters. The van der Waals surface area contributed by atoms with Gasteiger partial charge in [0.15, 0.2) is 5.60 Å². The van der Waals surface area contributed by atoms with E-state index in [-0.39, 0.29) is 5.91 Å². The molecule has 1 aliphatic heterocycles. The molecule has 1 heterocycles. The Morgan fingerprint density at radius 1 is 1.17 bits per heavy atom. The van der Waals surface area contributed by atoms with Crippen LogP contribution in [0.3, 0.4) is 0 Å². The van der Waals surface area contributed by atoms with E-state index in [0.29, 0.717) is 23.4 Å². The first-order valence-corrected chi connectivity index (χ1v) is 7.28. The number of cyclic esters (lactones) is 1. The second kappa shape index (κ2) is 5.76. The Bertz CT molecular complexity index is 754. The second-order valence-corrected chi connectivity index (χ2v) is 5.64. The van der Waals surface area contributed by atoms with Crippen LogP contribution in [0.15, 0.2) is 48.5 Å². The van der Waals surface area contributed by atoms with E-state index >= 15 is 0 Å². The average Bonchev–Trinajstić information content (AvgIpc) is 2.55. The van der Waals surface area contributed by atoms with Gasteiger partial charge in [-0.05, 0) is 42.8 Å². The highest BCUT2D eigenvalue weighted by Crippen LogP contribution is 2.29. The van der Waals surface area contributed by atoms with Crippen molar-refractivity contribution in [3.63, 3.8) is 0 Å². The maximum absolute atomic E-state index is 12.6. The number of rotatable bonds is 3. The van der Waals surface area contributed by atoms with Gasteiger partial charge in [-0.2, -0.15) is 0 Å². The van der Waals surface area contributed by atoms with Crippen LogP contribution in [-0.4, -0.2) is 24.6 Å². The predicted octanol–water partition coefficient (Wildman–Crippen LogP) is 2.81. The van der Waals surface area contributed by atoms with Gasteiger partial charge in [0.25, 0.3) is 5.91 Å². The lowest BCUT2D eigenvalue weighted by molar-refractivity contribution is -0.134. The van der Waals surface area contributed by atoms with E-state index in [1.165, 1.54) is 0 Å². The summed E-state index contributed by atoms with van der Waals surface area (Å²) in [6.45, 7) is 1.62. The summed E-state index contributed by atoms with van der Waals surface area (Å²) in [6.07, 6.45) is 0.344. The number of fused-ring (bicyclic) bond motifs is 1. The topological polar surface area (TPSA) is 64.6 Å². The van der Waals surface area contributed by atoms with E-state index in [1.54, 1.807) is 50.4 Å². The van der Waals surface area contributed by atoms with E-state index in [0.717, 1.165) is 5.56 Å². The molecule has 0 saturated carbocycles. The second-order valence-electron chi connectivity index (χ2n) is 5.64. The average molecular weight is 311 g/mol. The number of ether oxygens (including phenoxy) is 2. The van der Waals surface area contributed by atoms with Gasteiger partial charge in [-0.1, -0.05) is 18.2 Å². The normalized spacial score (nSPS) is 19.5. The maximum atomic E-state index is 12.6. The molecule has 0 fully saturated rings. The van der Waals surface area contributed by atoms with Gasteiger partial charge in [0, 0.05) is 12.1 Å². The van der Waals surface area contributed by atoms with Gasteiger partial charge < -0.3 is 14.8 Å². The van der Waals surface area contributed by atoms with E-state index < -0.39 is 11.6 Å². The standard InChI is InChI=1S/C18H17NO4/c1-18(11-12-5-3-4-6-15(12)16(20)23-18)17(21)19-13-7-9-14(22-2)10-8-13/h3-10H,11H2,1-2H3,(H,19,21). The summed E-state index contributed by atoms with van der Waals surface area (Å²) in [7, 11) is 1.58. The monoisotopic (exact) mass is 311 g/mol. The summed E-state index contributed by atoms with van der Waals surface area (Å²) < 4.78 is 10.5. The predicted molar refractivity (Wildman–Crippen MR) is 85.6 cm³/mol. The number of carbonyl (C=O) groups is 2. The Morgan fingerprint density at radius 3 is 2.57 bits per heavy atom. The number of esters is 1. The van der Waals surface area contributed by atoms with Crippen molar-refractivity contribution < 1.29 is 19.1 Å². The first-order valence-electron chi connectivity index (χ1n) is 7.28. The molecule has 3 rings (SSSR count). The van der Waals surface area contributed by atoms with Crippen LogP contribution in [0.5, 0.6) is 5.75 Å². The van der Waals surface area contributed by atoms with E-state index in [9.17, 15) is 9.59 Å². The number of nitrogens with one attached hydrogen (secondary N) is 1. The summed E-state index contributed by atoms with van der Waals surface area (Å²) >= 11 is 0. The minimum absolute atomic E-state index is 0.344. The van der Waals surface area contributed by atoms with Gasteiger partial charge in [0.2, 0.25) is 0 Å². The molecule has 0 bridgehead atoms. The molecule has 1 N–H and O–H groups in total. The highest BCUT2D eigenvalue weighted by atomic mass is 16.6. The van der Waals surface area contributed by atoms with Crippen molar-refractivity contribution >= 4 is 17.6 Å². The number of carbonyl (C=O) groups excluding carboxylic acids is 2. The summed E-state index contributed by atoms with van der Waals surface area (Å²) in [6, 6.07) is 14.1. The molecule has 5 nitrogen and oxygen atoms in total. The molecule has 0 spiro atoms. The summed E-state index contributed by atoms with van der Waals surface area (Å²) in [5.74, 6) is -0.128. The zero-order valence-corrected chi connectivity index (χ0v) is 13.0. The molecule has 5 heteroatoms. The van der Waals surface area contributed by atoms with Crippen LogP contribution in [0.2, 0.25) is 0 Å². The first-order chi connectivity index (χ1) is 11.0. The molecule has 2 aromatic rings. The lowest BCUT2D eigenvalue weighted by atomic mass is 9.89. The summed E-state index contributed by atoms with van der Waals surface area (Å²) in [5.41, 5.74) is 0.719. The van der Waals surface area contributed by atoms with E-state index in [1.807, 2.05) is 12.1 Å². The van der Waals surface area contributed by atoms with Gasteiger partial charge in [0.05, 0.1) is 12.7 Å². The Labute approximate surface area is 134 Å². The number of benzene rings is 2. The maximum Gasteiger partial charge on any atom is 0.339 e. The van der Waals surface area contributed by atoms with Crippen molar-refractivity contribution in [2.45, 2.75) is 18.9 Å². The molecule has 2 aromatic carbocycles. The molecule has 0 radical (unpaired) electrons. The summed E-state index contributed by atoms with van der Waals surface area (Å²) in [4.78, 5) is 24.7. The Balaban J connectivity index is 1.80. The van der Waals surface area contributed by atoms with Crippen LogP contribution >= 0.6 is 0 Å². The van der Waals surface area contributed by atoms with Crippen molar-refractivity contribution in [2.75, 3.05) is 12.4 Å². The quantitative estimate of drug-likeness (QED) is 0.885. The third kappa shape index (κ3) is 2.90. The minimum Gasteiger partial charge on any atom is -0.497 e. The SMILES string of the molecule is COc1ccc(NC(=O)C2(C)Cc3ccccc3C(=O)O2)cc1. The van der Waals surface area contributed by atoms with Crippen LogP contribution in [0.1, 0.15) is 22.8 Å². The fourth-order valence-electron chi connectivity index (χ4n) is 2.60. The van der Waals surface area contributed by atoms with Crippen LogP contribution in [0.25, 0.3) is 0 Å². The summed E-state index contributed by atoms with van der Waals surface area (Å²) in [5, 5.41) is 2.78. The molecule has 0 saturated heterocycles. The first kappa shape index (κ1) is 15.1. The Kier molecular flexibility index (Phi) is 3.78. The van der Waals surface area contributed by atoms with Gasteiger partial charge in [0.1, 0.15) is 5.75 Å². The lowest BCUT2D eigenvalue weighted by Gasteiger charge is -2.33. The van der Waals surface area contributed by atoms with Gasteiger partial charge in [-0.3, -0.25) is 4.79 Å². The molecule has 0 aromatic heterocycles. The van der Waals surface area contributed by atoms with Crippen molar-refractivity contribution in [2.24, 2.45) is 0 Å². The third-order valence-electron chi connectivity index (χ3n) is 3.91. The van der Waals surface area contributed by atoms with Crippen LogP contribution in [0, 0.1) is 0 Å². The van der Waals surface area contributed by atoms with Crippen molar-refractivity contribution in [3.05, 3.63) is 59.7 Å². The van der Waals surface area contributed by atoms with Gasteiger partial charge in [-0.15, -0.1) is 0 Å². The van der Waals surface area contributed by atoms with Crippen LogP contribution in [0.4, 0.5) is 5.69 Å². The lowest BCUT2D eigenvalue weighted by Crippen LogP contribution is -2.48. The highest BCUT2D eigenvalue weighted by molar-refractivity contribution is 6.02. The highest BCUT2D eigenvalue weighted by Gasteiger charge is 2.42. The molecule has 1 unspecified atom stereocenters. The molecule has 0 aliphatic carbocycles. The minimum atomic E-state index is -1.23. The Morgan fingerprint density at radius 2 is 1.87 bits per heavy atom. The van der Waals surface area contributed by atoms with Crippen molar-refractivity contribution in [3.8, 4) is 5.75 Å². The molecule has 23 heavy (non-hydrogen) atoms. The fraction of sp³-hybridized carbons (Fsp3) is 0.222. The number of hydrogen-bond donors (Lipinski definition) is 1. The van der Waals surface area contributed by atoms with Crippen molar-refractivity contribution in [1.29, 1.82) is 0 Å². The molecular formula is C18H17NO4. The third-order valence-corrected chi connectivity index (χ3v) is 3.91. The van der Waals surface area contributed by atoms with E-state index in [2.05, 4.69) is 5.32 Å². The number of methoxy groups -OCH3 is 1. The van der Waals surface area contributed by atoms with Gasteiger partial charge in [-0.25, -0.2) is 4.79 Å². The zero-order chi connectivity index (χ0) is 16.4. The molecule has 118 valence electrons. The molecule has 1 aliphatic rings. The smallest absolute Gasteiger partial charge is 0.339 e.